The molecule has 5 heteroatoms. The Bertz CT molecular complexity index is 431. The van der Waals surface area contributed by atoms with Gasteiger partial charge in [0.25, 0.3) is 5.91 Å². The van der Waals surface area contributed by atoms with Crippen LogP contribution in [0.15, 0.2) is 18.2 Å². The Labute approximate surface area is 117 Å². The third kappa shape index (κ3) is 3.37. The Morgan fingerprint density at radius 2 is 2.06 bits per heavy atom. The van der Waals surface area contributed by atoms with Crippen molar-refractivity contribution in [1.29, 1.82) is 0 Å². The van der Waals surface area contributed by atoms with Crippen molar-refractivity contribution in [3.05, 3.63) is 33.8 Å². The Morgan fingerprint density at radius 3 is 2.78 bits per heavy atom. The first-order chi connectivity index (χ1) is 8.68. The van der Waals surface area contributed by atoms with E-state index in [2.05, 4.69) is 10.6 Å². The minimum absolute atomic E-state index is 0.152. The molecule has 2 N–H and O–H groups in total. The van der Waals surface area contributed by atoms with E-state index in [0.29, 0.717) is 28.1 Å². The first-order valence-electron chi connectivity index (χ1n) is 6.11. The molecule has 0 aliphatic carbocycles. The van der Waals surface area contributed by atoms with Crippen LogP contribution in [-0.4, -0.2) is 25.5 Å². The molecule has 0 saturated carbocycles. The zero-order chi connectivity index (χ0) is 13.0. The van der Waals surface area contributed by atoms with Crippen LogP contribution in [0.25, 0.3) is 0 Å². The summed E-state index contributed by atoms with van der Waals surface area (Å²) in [5, 5.41) is 6.96. The maximum atomic E-state index is 12.0. The molecule has 2 rings (SSSR count). The van der Waals surface area contributed by atoms with Gasteiger partial charge < -0.3 is 10.6 Å². The van der Waals surface area contributed by atoms with Gasteiger partial charge in [0.05, 0.1) is 15.6 Å². The van der Waals surface area contributed by atoms with Crippen LogP contribution < -0.4 is 10.6 Å². The number of piperidine rings is 1. The Balaban J connectivity index is 1.93. The summed E-state index contributed by atoms with van der Waals surface area (Å²) >= 11 is 11.9. The second-order valence-corrected chi connectivity index (χ2v) is 5.29. The summed E-state index contributed by atoms with van der Waals surface area (Å²) < 4.78 is 0. The maximum Gasteiger partial charge on any atom is 0.252 e. The van der Waals surface area contributed by atoms with Crippen LogP contribution in [0.4, 0.5) is 0 Å². The lowest BCUT2D eigenvalue weighted by Crippen LogP contribution is -2.36. The number of benzene rings is 1. The molecule has 1 fully saturated rings. The third-order valence-corrected chi connectivity index (χ3v) is 4.03. The normalized spacial score (nSPS) is 16.6. The molecule has 1 aliphatic heterocycles. The molecule has 1 amide bonds. The second kappa shape index (κ2) is 6.41. The summed E-state index contributed by atoms with van der Waals surface area (Å²) in [6, 6.07) is 5.09. The molecule has 1 aromatic rings. The van der Waals surface area contributed by atoms with E-state index < -0.39 is 0 Å². The number of carbonyl (C=O) groups excluding carboxylic acids is 1. The zero-order valence-electron chi connectivity index (χ0n) is 10.0. The lowest BCUT2D eigenvalue weighted by atomic mass is 9.98. The fraction of sp³-hybridized carbons (Fsp3) is 0.462. The minimum atomic E-state index is -0.152. The summed E-state index contributed by atoms with van der Waals surface area (Å²) in [5.74, 6) is 0.397. The average molecular weight is 287 g/mol. The molecule has 98 valence electrons. The molecule has 1 saturated heterocycles. The molecule has 18 heavy (non-hydrogen) atoms. The van der Waals surface area contributed by atoms with Crippen molar-refractivity contribution >= 4 is 29.1 Å². The highest BCUT2D eigenvalue weighted by molar-refractivity contribution is 6.43. The summed E-state index contributed by atoms with van der Waals surface area (Å²) in [6.07, 6.45) is 2.20. The number of nitrogens with one attached hydrogen (secondary N) is 2. The van der Waals surface area contributed by atoms with E-state index in [-0.39, 0.29) is 5.91 Å². The fourth-order valence-electron chi connectivity index (χ4n) is 2.10. The van der Waals surface area contributed by atoms with Crippen molar-refractivity contribution in [2.45, 2.75) is 12.8 Å². The number of amides is 1. The molecular formula is C13H16Cl2N2O. The van der Waals surface area contributed by atoms with Gasteiger partial charge in [0.15, 0.2) is 0 Å². The van der Waals surface area contributed by atoms with Crippen LogP contribution >= 0.6 is 23.2 Å². The maximum absolute atomic E-state index is 12.0. The zero-order valence-corrected chi connectivity index (χ0v) is 11.5. The van der Waals surface area contributed by atoms with E-state index >= 15 is 0 Å². The van der Waals surface area contributed by atoms with Gasteiger partial charge in [-0.25, -0.2) is 0 Å². The predicted octanol–water partition coefficient (Wildman–Crippen LogP) is 2.72. The van der Waals surface area contributed by atoms with Gasteiger partial charge in [-0.15, -0.1) is 0 Å². The van der Waals surface area contributed by atoms with E-state index in [1.807, 2.05) is 0 Å². The lowest BCUT2D eigenvalue weighted by Gasteiger charge is -2.22. The molecule has 0 spiro atoms. The average Bonchev–Trinajstić information content (AvgIpc) is 2.40. The van der Waals surface area contributed by atoms with E-state index in [0.717, 1.165) is 25.9 Å². The number of rotatable bonds is 3. The number of hydrogen-bond donors (Lipinski definition) is 2. The largest absolute Gasteiger partial charge is 0.352 e. The van der Waals surface area contributed by atoms with E-state index in [1.165, 1.54) is 0 Å². The molecule has 0 atom stereocenters. The molecule has 0 aromatic heterocycles. The van der Waals surface area contributed by atoms with Gasteiger partial charge in [-0.05, 0) is 44.0 Å². The number of halogens is 2. The molecule has 0 unspecified atom stereocenters. The molecule has 1 aliphatic rings. The van der Waals surface area contributed by atoms with Crippen LogP contribution in [0.5, 0.6) is 0 Å². The molecule has 1 heterocycles. The summed E-state index contributed by atoms with van der Waals surface area (Å²) in [6.45, 7) is 2.75. The van der Waals surface area contributed by atoms with Crippen LogP contribution in [-0.2, 0) is 0 Å². The molecule has 0 bridgehead atoms. The van der Waals surface area contributed by atoms with Crippen LogP contribution in [0, 0.1) is 5.92 Å². The van der Waals surface area contributed by atoms with Crippen LogP contribution in [0.1, 0.15) is 23.2 Å². The minimum Gasteiger partial charge on any atom is -0.352 e. The van der Waals surface area contributed by atoms with Gasteiger partial charge in [-0.1, -0.05) is 29.3 Å². The van der Waals surface area contributed by atoms with Crippen molar-refractivity contribution in [2.24, 2.45) is 5.92 Å². The monoisotopic (exact) mass is 286 g/mol. The van der Waals surface area contributed by atoms with E-state index in [4.69, 9.17) is 23.2 Å². The van der Waals surface area contributed by atoms with Gasteiger partial charge in [-0.3, -0.25) is 4.79 Å². The summed E-state index contributed by atoms with van der Waals surface area (Å²) in [5.41, 5.74) is 0.443. The van der Waals surface area contributed by atoms with Crippen molar-refractivity contribution < 1.29 is 4.79 Å². The van der Waals surface area contributed by atoms with E-state index in [1.54, 1.807) is 18.2 Å². The Morgan fingerprint density at radius 1 is 1.33 bits per heavy atom. The first kappa shape index (κ1) is 13.7. The van der Waals surface area contributed by atoms with Crippen molar-refractivity contribution in [3.63, 3.8) is 0 Å². The van der Waals surface area contributed by atoms with Crippen molar-refractivity contribution in [3.8, 4) is 0 Å². The van der Waals surface area contributed by atoms with Gasteiger partial charge in [-0.2, -0.15) is 0 Å². The van der Waals surface area contributed by atoms with Crippen LogP contribution in [0.2, 0.25) is 10.0 Å². The standard InChI is InChI=1S/C13H16Cl2N2O/c14-11-3-1-2-10(12(11)15)13(18)17-8-9-4-6-16-7-5-9/h1-3,9,16H,4-8H2,(H,17,18). The fourth-order valence-corrected chi connectivity index (χ4v) is 2.48. The summed E-state index contributed by atoms with van der Waals surface area (Å²) in [4.78, 5) is 12.0. The smallest absolute Gasteiger partial charge is 0.252 e. The highest BCUT2D eigenvalue weighted by Crippen LogP contribution is 2.25. The molecule has 0 radical (unpaired) electrons. The predicted molar refractivity (Wildman–Crippen MR) is 74.4 cm³/mol. The summed E-state index contributed by atoms with van der Waals surface area (Å²) in [7, 11) is 0. The highest BCUT2D eigenvalue weighted by Gasteiger charge is 2.16. The van der Waals surface area contributed by atoms with Gasteiger partial charge in [0.1, 0.15) is 0 Å². The number of hydrogen-bond acceptors (Lipinski definition) is 2. The quantitative estimate of drug-likeness (QED) is 0.897. The van der Waals surface area contributed by atoms with Crippen molar-refractivity contribution in [2.75, 3.05) is 19.6 Å². The SMILES string of the molecule is O=C(NCC1CCNCC1)c1cccc(Cl)c1Cl. The second-order valence-electron chi connectivity index (χ2n) is 4.50. The number of carbonyl (C=O) groups is 1. The Kier molecular flexibility index (Phi) is 4.87. The molecule has 3 nitrogen and oxygen atoms in total. The highest BCUT2D eigenvalue weighted by atomic mass is 35.5. The van der Waals surface area contributed by atoms with Crippen molar-refractivity contribution in [1.82, 2.24) is 10.6 Å². The Hall–Kier alpha value is -0.770. The van der Waals surface area contributed by atoms with Crippen LogP contribution in [0.3, 0.4) is 0 Å². The lowest BCUT2D eigenvalue weighted by molar-refractivity contribution is 0.0944. The topological polar surface area (TPSA) is 41.1 Å². The molecular weight excluding hydrogens is 271 g/mol. The third-order valence-electron chi connectivity index (χ3n) is 3.21. The van der Waals surface area contributed by atoms with Gasteiger partial charge in [0.2, 0.25) is 0 Å². The molecule has 1 aromatic carbocycles. The van der Waals surface area contributed by atoms with E-state index in [9.17, 15) is 4.79 Å². The first-order valence-corrected chi connectivity index (χ1v) is 6.87. The van der Waals surface area contributed by atoms with Gasteiger partial charge in [0, 0.05) is 6.54 Å². The van der Waals surface area contributed by atoms with Gasteiger partial charge >= 0.3 is 0 Å².